The van der Waals surface area contributed by atoms with E-state index in [-0.39, 0.29) is 23.2 Å². The molecule has 1 unspecified atom stereocenters. The molecule has 1 aliphatic rings. The fourth-order valence-electron chi connectivity index (χ4n) is 1.30. The average molecular weight is 195 g/mol. The largest absolute Gasteiger partial charge is 0.369 e. The molecule has 0 fully saturated rings. The number of anilines is 1. The minimum Gasteiger partial charge on any atom is -0.369 e. The third-order valence-electron chi connectivity index (χ3n) is 1.96. The van der Waals surface area contributed by atoms with Gasteiger partial charge in [0.25, 0.3) is 11.4 Å². The van der Waals surface area contributed by atoms with Gasteiger partial charge in [-0.25, -0.2) is 0 Å². The molecule has 0 bridgehead atoms. The van der Waals surface area contributed by atoms with E-state index in [1.54, 1.807) is 0 Å². The summed E-state index contributed by atoms with van der Waals surface area (Å²) in [5.74, 6) is 0.598. The maximum Gasteiger partial charge on any atom is 0.291 e. The number of rotatable bonds is 1. The average Bonchev–Trinajstić information content (AvgIpc) is 2.47. The van der Waals surface area contributed by atoms with E-state index in [2.05, 4.69) is 20.3 Å². The van der Waals surface area contributed by atoms with E-state index in [1.165, 1.54) is 0 Å². The molecule has 0 spiro atoms. The van der Waals surface area contributed by atoms with E-state index in [9.17, 15) is 4.79 Å². The molecule has 0 aliphatic carbocycles. The van der Waals surface area contributed by atoms with Crippen molar-refractivity contribution in [2.24, 2.45) is 10.3 Å². The lowest BCUT2D eigenvalue weighted by atomic mass is 10.3. The summed E-state index contributed by atoms with van der Waals surface area (Å²) in [6.45, 7) is 3.92. The number of nitrogens with zero attached hydrogens (tertiary/aromatic N) is 3. The molecule has 1 aliphatic heterocycles. The Labute approximate surface area is 79.6 Å². The molecule has 7 heteroatoms. The number of hydrogen-bond acceptors (Lipinski definition) is 5. The Balaban J connectivity index is 2.60. The Morgan fingerprint density at radius 1 is 1.50 bits per heavy atom. The molecule has 2 heterocycles. The number of nitrogens with one attached hydrogen (secondary N) is 2. The molecular weight excluding hydrogens is 184 g/mol. The van der Waals surface area contributed by atoms with Crippen molar-refractivity contribution in [3.8, 4) is 0 Å². The summed E-state index contributed by atoms with van der Waals surface area (Å²) < 4.78 is 0. The van der Waals surface area contributed by atoms with Gasteiger partial charge in [0.05, 0.1) is 0 Å². The van der Waals surface area contributed by atoms with E-state index in [4.69, 9.17) is 5.73 Å². The molecular formula is C7H11N6O+. The lowest BCUT2D eigenvalue weighted by Crippen LogP contribution is -3.05. The fraction of sp³-hybridized carbons (Fsp3) is 0.429. The van der Waals surface area contributed by atoms with Crippen molar-refractivity contribution >= 4 is 17.5 Å². The Bertz CT molecular complexity index is 448. The molecule has 4 N–H and O–H groups in total. The first kappa shape index (κ1) is 8.82. The van der Waals surface area contributed by atoms with E-state index in [0.717, 1.165) is 0 Å². The van der Waals surface area contributed by atoms with Crippen LogP contribution in [-0.4, -0.2) is 16.0 Å². The van der Waals surface area contributed by atoms with Gasteiger partial charge in [0.1, 0.15) is 6.04 Å². The molecule has 1 aromatic rings. The number of nitrogen functional groups attached to an aromatic ring is 1. The first-order chi connectivity index (χ1) is 6.59. The van der Waals surface area contributed by atoms with Crippen LogP contribution in [0.5, 0.6) is 0 Å². The van der Waals surface area contributed by atoms with Crippen LogP contribution in [0.2, 0.25) is 0 Å². The van der Waals surface area contributed by atoms with Gasteiger partial charge in [0.2, 0.25) is 11.6 Å². The highest BCUT2D eigenvalue weighted by molar-refractivity contribution is 5.52. The number of quaternary nitrogens is 1. The summed E-state index contributed by atoms with van der Waals surface area (Å²) in [5, 5.41) is 8.38. The van der Waals surface area contributed by atoms with Crippen LogP contribution in [0.15, 0.2) is 15.1 Å². The highest BCUT2D eigenvalue weighted by Gasteiger charge is 2.31. The van der Waals surface area contributed by atoms with Gasteiger partial charge in [-0.05, 0) is 13.8 Å². The molecule has 2 rings (SSSR count). The number of aromatic nitrogens is 2. The van der Waals surface area contributed by atoms with Gasteiger partial charge < -0.3 is 5.73 Å². The first-order valence-corrected chi connectivity index (χ1v) is 4.28. The topological polar surface area (TPSA) is 101 Å². The van der Waals surface area contributed by atoms with Crippen molar-refractivity contribution in [1.82, 2.24) is 9.97 Å². The Hall–Kier alpha value is -1.76. The van der Waals surface area contributed by atoms with Crippen LogP contribution in [0.25, 0.3) is 0 Å². The molecule has 14 heavy (non-hydrogen) atoms. The Morgan fingerprint density at radius 2 is 2.21 bits per heavy atom. The quantitative estimate of drug-likeness (QED) is 0.551. The monoisotopic (exact) mass is 195 g/mol. The minimum absolute atomic E-state index is 0.0965. The Morgan fingerprint density at radius 3 is 2.86 bits per heavy atom. The normalized spacial score (nSPS) is 18.9. The Kier molecular flexibility index (Phi) is 1.81. The van der Waals surface area contributed by atoms with Crippen molar-refractivity contribution < 1.29 is 5.01 Å². The summed E-state index contributed by atoms with van der Waals surface area (Å²) in [4.78, 5) is 17.7. The van der Waals surface area contributed by atoms with Crippen molar-refractivity contribution in [2.45, 2.75) is 19.9 Å². The van der Waals surface area contributed by atoms with E-state index in [1.807, 2.05) is 13.8 Å². The van der Waals surface area contributed by atoms with Crippen LogP contribution in [0, 0.1) is 0 Å². The molecule has 0 amide bonds. The van der Waals surface area contributed by atoms with Gasteiger partial charge in [0.15, 0.2) is 0 Å². The van der Waals surface area contributed by atoms with Gasteiger partial charge in [-0.3, -0.25) is 9.78 Å². The van der Waals surface area contributed by atoms with Crippen LogP contribution in [0.3, 0.4) is 0 Å². The van der Waals surface area contributed by atoms with Crippen molar-refractivity contribution in [3.63, 3.8) is 0 Å². The van der Waals surface area contributed by atoms with Crippen LogP contribution in [0.1, 0.15) is 13.8 Å². The van der Waals surface area contributed by atoms with Crippen molar-refractivity contribution in [3.05, 3.63) is 10.4 Å². The second-order valence-corrected chi connectivity index (χ2v) is 3.39. The van der Waals surface area contributed by atoms with Gasteiger partial charge in [-0.2, -0.15) is 4.98 Å². The van der Waals surface area contributed by atoms with Gasteiger partial charge in [-0.1, -0.05) is 5.11 Å². The zero-order valence-electron chi connectivity index (χ0n) is 7.90. The molecule has 1 aromatic heterocycles. The molecule has 0 radical (unpaired) electrons. The summed E-state index contributed by atoms with van der Waals surface area (Å²) >= 11 is 0. The van der Waals surface area contributed by atoms with Gasteiger partial charge in [0, 0.05) is 5.22 Å². The zero-order chi connectivity index (χ0) is 10.3. The summed E-state index contributed by atoms with van der Waals surface area (Å²) in [7, 11) is 0. The smallest absolute Gasteiger partial charge is 0.291 e. The number of hydrogen-bond donors (Lipinski definition) is 3. The van der Waals surface area contributed by atoms with Crippen molar-refractivity contribution in [1.29, 1.82) is 0 Å². The van der Waals surface area contributed by atoms with Crippen LogP contribution >= 0.6 is 0 Å². The van der Waals surface area contributed by atoms with Crippen LogP contribution < -0.4 is 16.3 Å². The van der Waals surface area contributed by atoms with Gasteiger partial charge >= 0.3 is 0 Å². The third kappa shape index (κ3) is 1.18. The summed E-state index contributed by atoms with van der Waals surface area (Å²) in [6.07, 6.45) is 0. The second-order valence-electron chi connectivity index (χ2n) is 3.39. The number of aromatic amines is 1. The molecule has 0 aromatic carbocycles. The van der Waals surface area contributed by atoms with E-state index >= 15 is 0 Å². The minimum atomic E-state index is -0.341. The van der Waals surface area contributed by atoms with E-state index in [0.29, 0.717) is 10.8 Å². The molecule has 7 nitrogen and oxygen atoms in total. The highest BCUT2D eigenvalue weighted by atomic mass is 16.1. The third-order valence-corrected chi connectivity index (χ3v) is 1.96. The predicted molar refractivity (Wildman–Crippen MR) is 49.5 cm³/mol. The molecule has 0 saturated carbocycles. The fourth-order valence-corrected chi connectivity index (χ4v) is 1.30. The molecule has 74 valence electrons. The predicted octanol–water partition coefficient (Wildman–Crippen LogP) is -0.711. The zero-order valence-corrected chi connectivity index (χ0v) is 7.90. The summed E-state index contributed by atoms with van der Waals surface area (Å²) in [6, 6.07) is 0.175. The van der Waals surface area contributed by atoms with Crippen LogP contribution in [-0.2, 0) is 0 Å². The van der Waals surface area contributed by atoms with E-state index < -0.39 is 0 Å². The first-order valence-electron chi connectivity index (χ1n) is 4.28. The maximum absolute atomic E-state index is 11.4. The highest BCUT2D eigenvalue weighted by Crippen LogP contribution is 2.18. The molecule has 1 atom stereocenters. The maximum atomic E-state index is 11.4. The lowest BCUT2D eigenvalue weighted by Gasteiger charge is -2.09. The summed E-state index contributed by atoms with van der Waals surface area (Å²) in [5.41, 5.74) is 5.34. The standard InChI is InChI=1S/C7H10N6O/c1-3(2)13-5-4(11-12-13)6(14)10-7(8)9-5/h3H,1-2H3,(H3,8,9,10,14)/p+1. The van der Waals surface area contributed by atoms with Gasteiger partial charge in [-0.15, -0.1) is 5.01 Å². The second kappa shape index (κ2) is 2.88. The number of fused-ring (bicyclic) bond motifs is 1. The molecule has 0 saturated heterocycles. The lowest BCUT2D eigenvalue weighted by molar-refractivity contribution is -0.866. The number of H-pyrrole nitrogens is 1. The van der Waals surface area contributed by atoms with Crippen LogP contribution in [0.4, 0.5) is 17.5 Å². The number of nitrogens with two attached hydrogens (primary N) is 1. The van der Waals surface area contributed by atoms with Crippen molar-refractivity contribution in [2.75, 3.05) is 5.73 Å². The SMILES string of the molecule is CC(C)[NH+]1N=Nc2c1nc(N)[nH]c2=O.